The Kier molecular flexibility index (Phi) is 6.51. The Morgan fingerprint density at radius 3 is 2.48 bits per heavy atom. The van der Waals surface area contributed by atoms with Crippen LogP contribution < -0.4 is 4.74 Å². The highest BCUT2D eigenvalue weighted by molar-refractivity contribution is 5.90. The van der Waals surface area contributed by atoms with E-state index in [0.717, 1.165) is 18.9 Å². The van der Waals surface area contributed by atoms with E-state index < -0.39 is 17.8 Å². The van der Waals surface area contributed by atoms with Crippen molar-refractivity contribution < 1.29 is 28.2 Å². The van der Waals surface area contributed by atoms with Crippen molar-refractivity contribution in [1.82, 2.24) is 0 Å². The molecule has 0 unspecified atom stereocenters. The summed E-state index contributed by atoms with van der Waals surface area (Å²) < 4.78 is 29.3. The Morgan fingerprint density at radius 1 is 1.04 bits per heavy atom. The molecule has 0 spiro atoms. The molecule has 0 amide bonds. The number of esters is 2. The summed E-state index contributed by atoms with van der Waals surface area (Å²) in [6.07, 6.45) is 1.61. The summed E-state index contributed by atoms with van der Waals surface area (Å²) >= 11 is 0. The van der Waals surface area contributed by atoms with Gasteiger partial charge in [0.15, 0.2) is 0 Å². The van der Waals surface area contributed by atoms with Gasteiger partial charge in [0, 0.05) is 6.07 Å². The maximum Gasteiger partial charge on any atom is 0.341 e. The lowest BCUT2D eigenvalue weighted by Gasteiger charge is -2.09. The molecule has 0 bridgehead atoms. The third-order valence-electron chi connectivity index (χ3n) is 3.38. The lowest BCUT2D eigenvalue weighted by atomic mass is 10.2. The van der Waals surface area contributed by atoms with Crippen molar-refractivity contribution >= 4 is 11.9 Å². The summed E-state index contributed by atoms with van der Waals surface area (Å²) in [7, 11) is 1.28. The Bertz CT molecular complexity index is 757. The first-order chi connectivity index (χ1) is 12.0. The van der Waals surface area contributed by atoms with E-state index in [-0.39, 0.29) is 17.9 Å². The number of hydrogen-bond donors (Lipinski definition) is 0. The second-order valence-electron chi connectivity index (χ2n) is 5.25. The van der Waals surface area contributed by atoms with Crippen molar-refractivity contribution in [3.8, 4) is 11.5 Å². The third kappa shape index (κ3) is 5.04. The van der Waals surface area contributed by atoms with Crippen LogP contribution in [-0.2, 0) is 9.47 Å². The topological polar surface area (TPSA) is 61.8 Å². The molecule has 0 saturated carbocycles. The molecular weight excluding hydrogens is 327 g/mol. The van der Waals surface area contributed by atoms with Crippen LogP contribution >= 0.6 is 0 Å². The van der Waals surface area contributed by atoms with Crippen LogP contribution in [0.15, 0.2) is 42.5 Å². The van der Waals surface area contributed by atoms with Crippen LogP contribution in [0.4, 0.5) is 4.39 Å². The average Bonchev–Trinajstić information content (AvgIpc) is 2.61. The second kappa shape index (κ2) is 8.82. The van der Waals surface area contributed by atoms with E-state index in [1.165, 1.54) is 25.3 Å². The highest BCUT2D eigenvalue weighted by atomic mass is 19.1. The van der Waals surface area contributed by atoms with E-state index >= 15 is 0 Å². The highest BCUT2D eigenvalue weighted by Gasteiger charge is 2.14. The molecule has 0 radical (unpaired) electrons. The smallest absolute Gasteiger partial charge is 0.341 e. The van der Waals surface area contributed by atoms with E-state index in [1.54, 1.807) is 18.2 Å². The zero-order valence-corrected chi connectivity index (χ0v) is 14.1. The first kappa shape index (κ1) is 18.4. The first-order valence-electron chi connectivity index (χ1n) is 7.88. The van der Waals surface area contributed by atoms with Crippen LogP contribution in [0.2, 0.25) is 0 Å². The molecule has 132 valence electrons. The minimum absolute atomic E-state index is 0.147. The van der Waals surface area contributed by atoms with Gasteiger partial charge in [-0.15, -0.1) is 0 Å². The van der Waals surface area contributed by atoms with Crippen LogP contribution in [0.1, 0.15) is 40.5 Å². The maximum atomic E-state index is 14.1. The zero-order chi connectivity index (χ0) is 18.2. The van der Waals surface area contributed by atoms with Gasteiger partial charge in [0.1, 0.15) is 17.3 Å². The molecule has 0 aromatic heterocycles. The Labute approximate surface area is 145 Å². The number of ether oxygens (including phenoxy) is 3. The highest BCUT2D eigenvalue weighted by Crippen LogP contribution is 2.25. The van der Waals surface area contributed by atoms with Gasteiger partial charge in [0.2, 0.25) is 0 Å². The minimum atomic E-state index is -0.733. The molecule has 2 aromatic rings. The summed E-state index contributed by atoms with van der Waals surface area (Å²) in [6.45, 7) is 2.23. The number of carbonyl (C=O) groups excluding carboxylic acids is 2. The summed E-state index contributed by atoms with van der Waals surface area (Å²) in [5.41, 5.74) is 0.170. The molecule has 0 N–H and O–H groups in total. The Morgan fingerprint density at radius 2 is 1.80 bits per heavy atom. The fourth-order valence-corrected chi connectivity index (χ4v) is 2.05. The number of methoxy groups -OCH3 is 1. The molecule has 0 aliphatic heterocycles. The molecule has 2 aromatic carbocycles. The molecule has 0 atom stereocenters. The number of rotatable bonds is 7. The van der Waals surface area contributed by atoms with E-state index in [4.69, 9.17) is 9.47 Å². The third-order valence-corrected chi connectivity index (χ3v) is 3.38. The van der Waals surface area contributed by atoms with Gasteiger partial charge in [-0.2, -0.15) is 0 Å². The number of benzene rings is 2. The Balaban J connectivity index is 2.10. The summed E-state index contributed by atoms with van der Waals surface area (Å²) in [4.78, 5) is 23.3. The standard InChI is InChI=1S/C19H19FO5/c1-3-4-10-24-19(22)16-9-8-15(12-17(16)20)25-14-7-5-6-13(11-14)18(21)23-2/h5-9,11-12H,3-4,10H2,1-2H3. The second-order valence-corrected chi connectivity index (χ2v) is 5.25. The molecule has 6 heteroatoms. The fraction of sp³-hybridized carbons (Fsp3) is 0.263. The summed E-state index contributed by atoms with van der Waals surface area (Å²) in [6, 6.07) is 10.2. The summed E-state index contributed by atoms with van der Waals surface area (Å²) in [5, 5.41) is 0. The van der Waals surface area contributed by atoms with Crippen LogP contribution in [0.3, 0.4) is 0 Å². The largest absolute Gasteiger partial charge is 0.465 e. The Hall–Kier alpha value is -2.89. The SMILES string of the molecule is CCCCOC(=O)c1ccc(Oc2cccc(C(=O)OC)c2)cc1F. The summed E-state index contributed by atoms with van der Waals surface area (Å²) in [5.74, 6) is -1.39. The van der Waals surface area contributed by atoms with Crippen LogP contribution in [-0.4, -0.2) is 25.7 Å². The normalized spacial score (nSPS) is 10.2. The van der Waals surface area contributed by atoms with Crippen LogP contribution in [0, 0.1) is 5.82 Å². The molecule has 0 heterocycles. The van der Waals surface area contributed by atoms with Gasteiger partial charge >= 0.3 is 11.9 Å². The van der Waals surface area contributed by atoms with Gasteiger partial charge < -0.3 is 14.2 Å². The van der Waals surface area contributed by atoms with Crippen molar-refractivity contribution in [2.45, 2.75) is 19.8 Å². The van der Waals surface area contributed by atoms with Crippen molar-refractivity contribution in [2.75, 3.05) is 13.7 Å². The lowest BCUT2D eigenvalue weighted by Crippen LogP contribution is -2.08. The first-order valence-corrected chi connectivity index (χ1v) is 7.88. The van der Waals surface area contributed by atoms with E-state index in [2.05, 4.69) is 4.74 Å². The van der Waals surface area contributed by atoms with Crippen LogP contribution in [0.5, 0.6) is 11.5 Å². The molecule has 0 fully saturated rings. The molecule has 2 rings (SSSR count). The number of hydrogen-bond acceptors (Lipinski definition) is 5. The number of unbranched alkanes of at least 4 members (excludes halogenated alkanes) is 1. The predicted molar refractivity (Wildman–Crippen MR) is 89.4 cm³/mol. The van der Waals surface area contributed by atoms with Crippen molar-refractivity contribution in [2.24, 2.45) is 0 Å². The fourth-order valence-electron chi connectivity index (χ4n) is 2.05. The molecule has 25 heavy (non-hydrogen) atoms. The molecular formula is C19H19FO5. The van der Waals surface area contributed by atoms with Gasteiger partial charge in [-0.05, 0) is 36.8 Å². The zero-order valence-electron chi connectivity index (χ0n) is 14.1. The molecule has 0 saturated heterocycles. The van der Waals surface area contributed by atoms with Gasteiger partial charge in [0.25, 0.3) is 0 Å². The number of carbonyl (C=O) groups is 2. The maximum absolute atomic E-state index is 14.1. The van der Waals surface area contributed by atoms with Gasteiger partial charge in [-0.25, -0.2) is 14.0 Å². The molecule has 0 aliphatic carbocycles. The van der Waals surface area contributed by atoms with E-state index in [9.17, 15) is 14.0 Å². The number of halogens is 1. The van der Waals surface area contributed by atoms with E-state index in [1.807, 2.05) is 6.92 Å². The average molecular weight is 346 g/mol. The molecule has 5 nitrogen and oxygen atoms in total. The van der Waals surface area contributed by atoms with E-state index in [0.29, 0.717) is 11.3 Å². The molecule has 0 aliphatic rings. The van der Waals surface area contributed by atoms with Crippen molar-refractivity contribution in [3.05, 3.63) is 59.4 Å². The monoisotopic (exact) mass is 346 g/mol. The van der Waals surface area contributed by atoms with Gasteiger partial charge in [0.05, 0.1) is 24.8 Å². The quantitative estimate of drug-likeness (QED) is 0.550. The predicted octanol–water partition coefficient (Wildman–Crippen LogP) is 4.36. The van der Waals surface area contributed by atoms with Crippen LogP contribution in [0.25, 0.3) is 0 Å². The van der Waals surface area contributed by atoms with Crippen molar-refractivity contribution in [1.29, 1.82) is 0 Å². The van der Waals surface area contributed by atoms with Gasteiger partial charge in [-0.3, -0.25) is 0 Å². The minimum Gasteiger partial charge on any atom is -0.465 e. The van der Waals surface area contributed by atoms with Crippen molar-refractivity contribution in [3.63, 3.8) is 0 Å². The van der Waals surface area contributed by atoms with Gasteiger partial charge in [-0.1, -0.05) is 19.4 Å². The lowest BCUT2D eigenvalue weighted by molar-refractivity contribution is 0.0493.